The van der Waals surface area contributed by atoms with E-state index in [-0.39, 0.29) is 11.8 Å². The number of carbonyl (C=O) groups is 1. The summed E-state index contributed by atoms with van der Waals surface area (Å²) in [7, 11) is 3.23. The summed E-state index contributed by atoms with van der Waals surface area (Å²) in [5.41, 5.74) is 3.95. The van der Waals surface area contributed by atoms with Crippen LogP contribution in [0.15, 0.2) is 72.8 Å². The number of carbonyl (C=O) groups excluding carboxylic acids is 1. The first kappa shape index (κ1) is 18.1. The highest BCUT2D eigenvalue weighted by molar-refractivity contribution is 5.76. The van der Waals surface area contributed by atoms with Crippen molar-refractivity contribution in [1.29, 1.82) is 0 Å². The SMILES string of the molecule is COc1ccc([C@@H]2c3ccccc3[C@H](c3ccc(OC)cc3)C2C(=O)[O-])cc1. The van der Waals surface area contributed by atoms with Gasteiger partial charge >= 0.3 is 0 Å². The molecule has 1 unspecified atom stereocenters. The Labute approximate surface area is 164 Å². The average Bonchev–Trinajstić information content (AvgIpc) is 3.09. The van der Waals surface area contributed by atoms with E-state index < -0.39 is 11.9 Å². The van der Waals surface area contributed by atoms with Crippen LogP contribution in [0.1, 0.15) is 34.1 Å². The molecule has 0 bridgehead atoms. The average molecular weight is 373 g/mol. The van der Waals surface area contributed by atoms with Gasteiger partial charge in [0.1, 0.15) is 11.5 Å². The molecule has 4 nitrogen and oxygen atoms in total. The van der Waals surface area contributed by atoms with Gasteiger partial charge in [0.15, 0.2) is 0 Å². The Morgan fingerprint density at radius 3 is 1.43 bits per heavy atom. The Morgan fingerprint density at radius 2 is 1.11 bits per heavy atom. The summed E-state index contributed by atoms with van der Waals surface area (Å²) < 4.78 is 10.5. The molecule has 0 saturated heterocycles. The molecule has 28 heavy (non-hydrogen) atoms. The van der Waals surface area contributed by atoms with Gasteiger partial charge in [-0.25, -0.2) is 0 Å². The molecule has 1 aliphatic carbocycles. The van der Waals surface area contributed by atoms with E-state index in [1.165, 1.54) is 0 Å². The number of rotatable bonds is 5. The molecule has 3 atom stereocenters. The Hall–Kier alpha value is -3.27. The van der Waals surface area contributed by atoms with E-state index in [2.05, 4.69) is 0 Å². The summed E-state index contributed by atoms with van der Waals surface area (Å²) in [5, 5.41) is 12.3. The Bertz CT molecular complexity index is 902. The molecule has 4 heteroatoms. The van der Waals surface area contributed by atoms with Crippen molar-refractivity contribution >= 4 is 5.97 Å². The minimum absolute atomic E-state index is 0.279. The van der Waals surface area contributed by atoms with E-state index in [4.69, 9.17) is 9.47 Å². The van der Waals surface area contributed by atoms with Crippen LogP contribution in [0.5, 0.6) is 11.5 Å². The van der Waals surface area contributed by atoms with Crippen LogP contribution in [-0.4, -0.2) is 20.2 Å². The van der Waals surface area contributed by atoms with Gasteiger partial charge in [0, 0.05) is 23.7 Å². The fourth-order valence-corrected chi connectivity index (χ4v) is 4.33. The van der Waals surface area contributed by atoms with Gasteiger partial charge in [-0.3, -0.25) is 0 Å². The zero-order valence-electron chi connectivity index (χ0n) is 15.8. The van der Waals surface area contributed by atoms with E-state index in [0.717, 1.165) is 33.8 Å². The molecule has 1 aliphatic rings. The molecule has 0 aliphatic heterocycles. The summed E-state index contributed by atoms with van der Waals surface area (Å²) >= 11 is 0. The Morgan fingerprint density at radius 1 is 0.714 bits per heavy atom. The second kappa shape index (κ2) is 7.39. The Kier molecular flexibility index (Phi) is 4.78. The van der Waals surface area contributed by atoms with E-state index in [1.54, 1.807) is 14.2 Å². The normalized spacial score (nSPS) is 20.4. The van der Waals surface area contributed by atoms with Crippen molar-refractivity contribution in [1.82, 2.24) is 0 Å². The number of carboxylic acid groups (broad SMARTS) is 1. The standard InChI is InChI=1S/C24H22O4/c1-27-17-11-7-15(8-12-17)21-19-5-3-4-6-20(19)22(23(21)24(25)26)16-9-13-18(28-2)14-10-16/h3-14,21-23H,1-2H3,(H,25,26)/p-1/t21-,22+,23?. The van der Waals surface area contributed by atoms with Gasteiger partial charge in [0.05, 0.1) is 14.2 Å². The second-order valence-electron chi connectivity index (χ2n) is 6.98. The van der Waals surface area contributed by atoms with E-state index in [0.29, 0.717) is 0 Å². The fourth-order valence-electron chi connectivity index (χ4n) is 4.33. The molecule has 0 amide bonds. The lowest BCUT2D eigenvalue weighted by atomic mass is 9.79. The number of benzene rings is 3. The highest BCUT2D eigenvalue weighted by atomic mass is 16.5. The predicted molar refractivity (Wildman–Crippen MR) is 105 cm³/mol. The van der Waals surface area contributed by atoms with Crippen molar-refractivity contribution in [3.05, 3.63) is 95.1 Å². The van der Waals surface area contributed by atoms with Gasteiger partial charge in [-0.05, 0) is 46.5 Å². The van der Waals surface area contributed by atoms with E-state index >= 15 is 0 Å². The summed E-state index contributed by atoms with van der Waals surface area (Å²) in [6.07, 6.45) is 0. The maximum absolute atomic E-state index is 12.3. The van der Waals surface area contributed by atoms with Crippen molar-refractivity contribution in [3.63, 3.8) is 0 Å². The van der Waals surface area contributed by atoms with Crippen LogP contribution in [0.3, 0.4) is 0 Å². The third-order valence-corrected chi connectivity index (χ3v) is 5.61. The lowest BCUT2D eigenvalue weighted by molar-refractivity contribution is -0.312. The molecular formula is C24H21O4-. The van der Waals surface area contributed by atoms with Crippen LogP contribution in [-0.2, 0) is 4.79 Å². The largest absolute Gasteiger partial charge is 0.550 e. The lowest BCUT2D eigenvalue weighted by Gasteiger charge is -2.27. The third-order valence-electron chi connectivity index (χ3n) is 5.61. The first-order chi connectivity index (χ1) is 13.6. The third kappa shape index (κ3) is 3.01. The highest BCUT2D eigenvalue weighted by Gasteiger charge is 2.42. The van der Waals surface area contributed by atoms with Crippen molar-refractivity contribution in [2.75, 3.05) is 14.2 Å². The number of methoxy groups -OCH3 is 2. The number of aliphatic carboxylic acids is 1. The van der Waals surface area contributed by atoms with Gasteiger partial charge in [-0.2, -0.15) is 0 Å². The van der Waals surface area contributed by atoms with Crippen LogP contribution >= 0.6 is 0 Å². The van der Waals surface area contributed by atoms with Crippen LogP contribution < -0.4 is 14.6 Å². The van der Waals surface area contributed by atoms with Crippen LogP contribution in [0.4, 0.5) is 0 Å². The van der Waals surface area contributed by atoms with Crippen LogP contribution in [0.25, 0.3) is 0 Å². The molecule has 0 aromatic heterocycles. The maximum Gasteiger partial charge on any atom is 0.118 e. The molecule has 0 spiro atoms. The maximum atomic E-state index is 12.3. The number of carboxylic acids is 1. The summed E-state index contributed by atoms with van der Waals surface area (Å²) in [4.78, 5) is 12.3. The molecule has 142 valence electrons. The zero-order valence-corrected chi connectivity index (χ0v) is 15.8. The lowest BCUT2D eigenvalue weighted by Crippen LogP contribution is -2.36. The quantitative estimate of drug-likeness (QED) is 0.688. The first-order valence-electron chi connectivity index (χ1n) is 9.21. The molecule has 3 aromatic rings. The van der Waals surface area contributed by atoms with Crippen molar-refractivity contribution in [3.8, 4) is 11.5 Å². The number of ether oxygens (including phenoxy) is 2. The van der Waals surface area contributed by atoms with Crippen molar-refractivity contribution in [2.24, 2.45) is 5.92 Å². The van der Waals surface area contributed by atoms with Crippen molar-refractivity contribution < 1.29 is 19.4 Å². The van der Waals surface area contributed by atoms with Gasteiger partial charge in [0.25, 0.3) is 0 Å². The first-order valence-corrected chi connectivity index (χ1v) is 9.21. The smallest absolute Gasteiger partial charge is 0.118 e. The minimum Gasteiger partial charge on any atom is -0.550 e. The minimum atomic E-state index is -1.04. The van der Waals surface area contributed by atoms with Gasteiger partial charge in [0.2, 0.25) is 0 Å². The molecular weight excluding hydrogens is 352 g/mol. The van der Waals surface area contributed by atoms with Gasteiger partial charge in [-0.1, -0.05) is 48.5 Å². The van der Waals surface area contributed by atoms with Gasteiger partial charge < -0.3 is 19.4 Å². The molecule has 0 radical (unpaired) electrons. The fraction of sp³-hybridized carbons (Fsp3) is 0.208. The van der Waals surface area contributed by atoms with Crippen molar-refractivity contribution in [2.45, 2.75) is 11.8 Å². The summed E-state index contributed by atoms with van der Waals surface area (Å²) in [6, 6.07) is 23.2. The monoisotopic (exact) mass is 373 g/mol. The molecule has 3 aromatic carbocycles. The topological polar surface area (TPSA) is 58.6 Å². The van der Waals surface area contributed by atoms with E-state index in [9.17, 15) is 9.90 Å². The Balaban J connectivity index is 1.85. The van der Waals surface area contributed by atoms with E-state index in [1.807, 2.05) is 72.8 Å². The number of hydrogen-bond donors (Lipinski definition) is 0. The van der Waals surface area contributed by atoms with Crippen LogP contribution in [0, 0.1) is 5.92 Å². The molecule has 0 heterocycles. The predicted octanol–water partition coefficient (Wildman–Crippen LogP) is 3.35. The van der Waals surface area contributed by atoms with Gasteiger partial charge in [-0.15, -0.1) is 0 Å². The molecule has 0 N–H and O–H groups in total. The summed E-state index contributed by atoms with van der Waals surface area (Å²) in [6.45, 7) is 0. The number of hydrogen-bond acceptors (Lipinski definition) is 4. The molecule has 0 saturated carbocycles. The second-order valence-corrected chi connectivity index (χ2v) is 6.98. The zero-order chi connectivity index (χ0) is 19.7. The number of fused-ring (bicyclic) bond motifs is 1. The molecule has 0 fully saturated rings. The highest BCUT2D eigenvalue weighted by Crippen LogP contribution is 2.52. The van der Waals surface area contributed by atoms with Crippen LogP contribution in [0.2, 0.25) is 0 Å². The summed E-state index contributed by atoms with van der Waals surface area (Å²) in [5.74, 6) is -0.811. The molecule has 4 rings (SSSR count).